The van der Waals surface area contributed by atoms with Crippen LogP contribution < -0.4 is 10.6 Å². The van der Waals surface area contributed by atoms with Crippen LogP contribution in [0.3, 0.4) is 0 Å². The summed E-state index contributed by atoms with van der Waals surface area (Å²) in [5.74, 6) is 0.300. The van der Waals surface area contributed by atoms with Gasteiger partial charge < -0.3 is 15.4 Å². The molecule has 2 saturated heterocycles. The van der Waals surface area contributed by atoms with Crippen molar-refractivity contribution in [3.8, 4) is 0 Å². The minimum absolute atomic E-state index is 0.00675. The fraction of sp³-hybridized carbons (Fsp3) is 0.643. The lowest BCUT2D eigenvalue weighted by molar-refractivity contribution is 0.0935. The van der Waals surface area contributed by atoms with Crippen molar-refractivity contribution < 1.29 is 17.9 Å². The van der Waals surface area contributed by atoms with Gasteiger partial charge in [-0.3, -0.25) is 4.79 Å². The molecular weight excluding hydrogens is 320 g/mol. The number of nitrogens with zero attached hydrogens (tertiary/aromatic N) is 2. The van der Waals surface area contributed by atoms with Crippen LogP contribution in [0.25, 0.3) is 0 Å². The standard InChI is InChI=1S/C14H20N4O4S/c19-14(18-10-3-5-23(20,21)9-10)12-7-17-13(8-15-12)16-6-11-2-1-4-22-11/h7-8,10-11H,1-6,9H2,(H,16,17)(H,18,19). The lowest BCUT2D eigenvalue weighted by Gasteiger charge is -2.12. The Morgan fingerprint density at radius 3 is 2.78 bits per heavy atom. The number of rotatable bonds is 5. The molecule has 0 saturated carbocycles. The van der Waals surface area contributed by atoms with Crippen LogP contribution in [0.15, 0.2) is 12.4 Å². The fourth-order valence-corrected chi connectivity index (χ4v) is 4.40. The van der Waals surface area contributed by atoms with Crippen LogP contribution in [0.2, 0.25) is 0 Å². The van der Waals surface area contributed by atoms with Crippen molar-refractivity contribution in [2.24, 2.45) is 0 Å². The maximum atomic E-state index is 12.0. The summed E-state index contributed by atoms with van der Waals surface area (Å²) in [5.41, 5.74) is 0.178. The van der Waals surface area contributed by atoms with Crippen LogP contribution in [0.1, 0.15) is 29.8 Å². The molecule has 1 aromatic heterocycles. The minimum Gasteiger partial charge on any atom is -0.376 e. The molecule has 3 heterocycles. The first-order valence-electron chi connectivity index (χ1n) is 7.71. The summed E-state index contributed by atoms with van der Waals surface area (Å²) in [6, 6.07) is -0.341. The normalized spacial score (nSPS) is 26.1. The molecule has 0 aromatic carbocycles. The molecule has 23 heavy (non-hydrogen) atoms. The zero-order chi connectivity index (χ0) is 16.3. The van der Waals surface area contributed by atoms with Gasteiger partial charge in [-0.2, -0.15) is 0 Å². The molecule has 0 radical (unpaired) electrons. The van der Waals surface area contributed by atoms with E-state index in [1.54, 1.807) is 0 Å². The number of sulfone groups is 1. The SMILES string of the molecule is O=C(NC1CCS(=O)(=O)C1)c1cnc(NCC2CCCO2)cn1. The van der Waals surface area contributed by atoms with Gasteiger partial charge in [-0.05, 0) is 19.3 Å². The molecule has 2 fully saturated rings. The fourth-order valence-electron chi connectivity index (χ4n) is 2.73. The molecule has 2 aliphatic heterocycles. The average molecular weight is 340 g/mol. The van der Waals surface area contributed by atoms with Gasteiger partial charge in [-0.15, -0.1) is 0 Å². The molecular formula is C14H20N4O4S. The summed E-state index contributed by atoms with van der Waals surface area (Å²) in [6.07, 6.45) is 5.64. The highest BCUT2D eigenvalue weighted by atomic mass is 32.2. The Kier molecular flexibility index (Phi) is 4.76. The highest BCUT2D eigenvalue weighted by molar-refractivity contribution is 7.91. The molecule has 1 aromatic rings. The maximum absolute atomic E-state index is 12.0. The van der Waals surface area contributed by atoms with Gasteiger partial charge in [0, 0.05) is 19.2 Å². The smallest absolute Gasteiger partial charge is 0.271 e. The molecule has 0 bridgehead atoms. The number of nitrogens with one attached hydrogen (secondary N) is 2. The number of carbonyl (C=O) groups excluding carboxylic acids is 1. The van der Waals surface area contributed by atoms with E-state index in [1.807, 2.05) is 0 Å². The summed E-state index contributed by atoms with van der Waals surface area (Å²) < 4.78 is 28.3. The zero-order valence-corrected chi connectivity index (χ0v) is 13.5. The summed E-state index contributed by atoms with van der Waals surface area (Å²) >= 11 is 0. The Labute approximate surface area is 135 Å². The molecule has 2 N–H and O–H groups in total. The summed E-state index contributed by atoms with van der Waals surface area (Å²) in [4.78, 5) is 20.3. The van der Waals surface area contributed by atoms with Crippen molar-refractivity contribution in [2.75, 3.05) is 30.0 Å². The van der Waals surface area contributed by atoms with Gasteiger partial charge >= 0.3 is 0 Å². The maximum Gasteiger partial charge on any atom is 0.271 e. The third-order valence-corrected chi connectivity index (χ3v) is 5.75. The van der Waals surface area contributed by atoms with E-state index in [4.69, 9.17) is 4.74 Å². The van der Waals surface area contributed by atoms with Crippen molar-refractivity contribution in [1.82, 2.24) is 15.3 Å². The minimum atomic E-state index is -3.02. The Balaban J connectivity index is 1.51. The second-order valence-electron chi connectivity index (χ2n) is 5.88. The number of anilines is 1. The predicted molar refractivity (Wildman–Crippen MR) is 84.0 cm³/mol. The first kappa shape index (κ1) is 16.1. The number of ether oxygens (including phenoxy) is 1. The van der Waals surface area contributed by atoms with Gasteiger partial charge in [0.1, 0.15) is 11.5 Å². The van der Waals surface area contributed by atoms with Crippen molar-refractivity contribution >= 4 is 21.6 Å². The number of hydrogen-bond acceptors (Lipinski definition) is 7. The second-order valence-corrected chi connectivity index (χ2v) is 8.10. The van der Waals surface area contributed by atoms with E-state index in [0.717, 1.165) is 19.4 Å². The van der Waals surface area contributed by atoms with Crippen molar-refractivity contribution in [3.05, 3.63) is 18.1 Å². The van der Waals surface area contributed by atoms with Gasteiger partial charge in [-0.1, -0.05) is 0 Å². The second kappa shape index (κ2) is 6.79. The van der Waals surface area contributed by atoms with Crippen LogP contribution in [-0.4, -0.2) is 61.1 Å². The van der Waals surface area contributed by atoms with Gasteiger partial charge in [-0.25, -0.2) is 18.4 Å². The number of carbonyl (C=O) groups is 1. The third kappa shape index (κ3) is 4.38. The number of amides is 1. The van der Waals surface area contributed by atoms with Crippen molar-refractivity contribution in [1.29, 1.82) is 0 Å². The van der Waals surface area contributed by atoms with Crippen molar-refractivity contribution in [3.63, 3.8) is 0 Å². The van der Waals surface area contributed by atoms with E-state index in [9.17, 15) is 13.2 Å². The Morgan fingerprint density at radius 1 is 1.30 bits per heavy atom. The quantitative estimate of drug-likeness (QED) is 0.775. The molecule has 0 spiro atoms. The van der Waals surface area contributed by atoms with Crippen LogP contribution in [0.5, 0.6) is 0 Å². The van der Waals surface area contributed by atoms with Gasteiger partial charge in [0.05, 0.1) is 30.0 Å². The van der Waals surface area contributed by atoms with Gasteiger partial charge in [0.25, 0.3) is 5.91 Å². The molecule has 2 atom stereocenters. The Bertz CT molecular complexity index is 656. The number of aromatic nitrogens is 2. The van der Waals surface area contributed by atoms with E-state index in [-0.39, 0.29) is 29.3 Å². The topological polar surface area (TPSA) is 110 Å². The van der Waals surface area contributed by atoms with Crippen LogP contribution in [0.4, 0.5) is 5.82 Å². The van der Waals surface area contributed by atoms with Crippen LogP contribution in [-0.2, 0) is 14.6 Å². The van der Waals surface area contributed by atoms with E-state index >= 15 is 0 Å². The van der Waals surface area contributed by atoms with Gasteiger partial charge in [0.15, 0.2) is 9.84 Å². The molecule has 2 aliphatic rings. The largest absolute Gasteiger partial charge is 0.376 e. The highest BCUT2D eigenvalue weighted by Gasteiger charge is 2.29. The first-order chi connectivity index (χ1) is 11.0. The van der Waals surface area contributed by atoms with E-state index < -0.39 is 15.7 Å². The zero-order valence-electron chi connectivity index (χ0n) is 12.7. The summed E-state index contributed by atoms with van der Waals surface area (Å²) in [6.45, 7) is 1.47. The lowest BCUT2D eigenvalue weighted by Crippen LogP contribution is -2.36. The van der Waals surface area contributed by atoms with Crippen LogP contribution >= 0.6 is 0 Å². The highest BCUT2D eigenvalue weighted by Crippen LogP contribution is 2.13. The average Bonchev–Trinajstić information content (AvgIpc) is 3.15. The Morgan fingerprint density at radius 2 is 2.17 bits per heavy atom. The van der Waals surface area contributed by atoms with E-state index in [1.165, 1.54) is 12.4 Å². The lowest BCUT2D eigenvalue weighted by atomic mass is 10.2. The molecule has 9 heteroatoms. The summed E-state index contributed by atoms with van der Waals surface area (Å²) in [5, 5.41) is 5.81. The monoisotopic (exact) mass is 340 g/mol. The van der Waals surface area contributed by atoms with Gasteiger partial charge in [0.2, 0.25) is 0 Å². The first-order valence-corrected chi connectivity index (χ1v) is 9.53. The van der Waals surface area contributed by atoms with Crippen LogP contribution in [0, 0.1) is 0 Å². The molecule has 0 aliphatic carbocycles. The molecule has 1 amide bonds. The number of hydrogen-bond donors (Lipinski definition) is 2. The summed E-state index contributed by atoms with van der Waals surface area (Å²) in [7, 11) is -3.02. The Hall–Kier alpha value is -1.74. The third-order valence-electron chi connectivity index (χ3n) is 3.99. The predicted octanol–water partition coefficient (Wildman–Crippen LogP) is -0.0156. The van der Waals surface area contributed by atoms with E-state index in [2.05, 4.69) is 20.6 Å². The molecule has 8 nitrogen and oxygen atoms in total. The van der Waals surface area contributed by atoms with E-state index in [0.29, 0.717) is 18.8 Å². The van der Waals surface area contributed by atoms with Crippen molar-refractivity contribution in [2.45, 2.75) is 31.4 Å². The molecule has 126 valence electrons. The molecule has 3 rings (SSSR count). The molecule has 2 unspecified atom stereocenters.